The van der Waals surface area contributed by atoms with Crippen LogP contribution in [0.25, 0.3) is 0 Å². The Bertz CT molecular complexity index is 527. The molecule has 0 aliphatic heterocycles. The Morgan fingerprint density at radius 1 is 1.41 bits per heavy atom. The average molecular weight is 335 g/mol. The molecule has 0 bridgehead atoms. The van der Waals surface area contributed by atoms with E-state index in [1.54, 1.807) is 0 Å². The van der Waals surface area contributed by atoms with Gasteiger partial charge in [-0.15, -0.1) is 11.8 Å². The third kappa shape index (κ3) is 5.76. The third-order valence-corrected chi connectivity index (χ3v) is 3.35. The van der Waals surface area contributed by atoms with Crippen molar-refractivity contribution in [1.82, 2.24) is 5.32 Å². The first-order valence-corrected chi connectivity index (χ1v) is 7.30. The molecular formula is C13H15F2NO5S. The second-order valence-corrected chi connectivity index (χ2v) is 5.02. The van der Waals surface area contributed by atoms with Crippen molar-refractivity contribution in [3.05, 3.63) is 23.8 Å². The highest BCUT2D eigenvalue weighted by Crippen LogP contribution is 2.32. The summed E-state index contributed by atoms with van der Waals surface area (Å²) in [7, 11) is 1.28. The number of alkyl halides is 2. The van der Waals surface area contributed by atoms with Crippen molar-refractivity contribution in [2.24, 2.45) is 0 Å². The number of ether oxygens (including phenoxy) is 2. The minimum atomic E-state index is -3.09. The zero-order chi connectivity index (χ0) is 16.5. The van der Waals surface area contributed by atoms with Gasteiger partial charge in [0.25, 0.3) is 5.91 Å². The molecule has 2 N–H and O–H groups in total. The van der Waals surface area contributed by atoms with Crippen molar-refractivity contribution in [2.45, 2.75) is 6.61 Å². The Kier molecular flexibility index (Phi) is 7.44. The lowest BCUT2D eigenvalue weighted by atomic mass is 10.1. The zero-order valence-electron chi connectivity index (χ0n) is 11.7. The molecule has 22 heavy (non-hydrogen) atoms. The number of carbonyl (C=O) groups excluding carboxylic acids is 1. The molecule has 6 nitrogen and oxygen atoms in total. The highest BCUT2D eigenvalue weighted by Gasteiger charge is 2.19. The smallest absolute Gasteiger partial charge is 0.387 e. The number of amides is 1. The SMILES string of the molecule is COc1cccc(C(=O)NCCSCC(=O)O)c1OC(F)F. The molecule has 0 fully saturated rings. The number of rotatable bonds is 9. The van der Waals surface area contributed by atoms with Gasteiger partial charge in [0.05, 0.1) is 18.4 Å². The molecule has 122 valence electrons. The molecule has 1 amide bonds. The lowest BCUT2D eigenvalue weighted by Gasteiger charge is -2.14. The van der Waals surface area contributed by atoms with Gasteiger partial charge >= 0.3 is 12.6 Å². The lowest BCUT2D eigenvalue weighted by molar-refractivity contribution is -0.133. The summed E-state index contributed by atoms with van der Waals surface area (Å²) in [5.74, 6) is -1.56. The molecule has 0 aromatic heterocycles. The molecule has 0 aliphatic carbocycles. The normalized spacial score (nSPS) is 10.4. The van der Waals surface area contributed by atoms with E-state index in [0.29, 0.717) is 5.75 Å². The number of thioether (sulfide) groups is 1. The van der Waals surface area contributed by atoms with E-state index >= 15 is 0 Å². The number of carbonyl (C=O) groups is 2. The minimum Gasteiger partial charge on any atom is -0.493 e. The van der Waals surface area contributed by atoms with Crippen LogP contribution in [0.4, 0.5) is 8.78 Å². The Morgan fingerprint density at radius 3 is 2.73 bits per heavy atom. The van der Waals surface area contributed by atoms with E-state index in [-0.39, 0.29) is 29.4 Å². The number of hydrogen-bond donors (Lipinski definition) is 2. The number of halogens is 2. The monoisotopic (exact) mass is 335 g/mol. The molecule has 1 aromatic rings. The van der Waals surface area contributed by atoms with Crippen molar-refractivity contribution in [3.63, 3.8) is 0 Å². The molecule has 1 rings (SSSR count). The average Bonchev–Trinajstić information content (AvgIpc) is 2.46. The van der Waals surface area contributed by atoms with Crippen molar-refractivity contribution >= 4 is 23.6 Å². The summed E-state index contributed by atoms with van der Waals surface area (Å²) in [6.45, 7) is -2.89. The van der Waals surface area contributed by atoms with Crippen LogP contribution < -0.4 is 14.8 Å². The standard InChI is InChI=1S/C13H15F2NO5S/c1-20-9-4-2-3-8(11(9)21-13(14)15)12(19)16-5-6-22-7-10(17)18/h2-4,13H,5-7H2,1H3,(H,16,19)(H,17,18). The minimum absolute atomic E-state index is 0.0215. The predicted octanol–water partition coefficient (Wildman–Crippen LogP) is 1.84. The van der Waals surface area contributed by atoms with Crippen LogP contribution in [0.2, 0.25) is 0 Å². The maximum atomic E-state index is 12.4. The van der Waals surface area contributed by atoms with E-state index < -0.39 is 18.5 Å². The van der Waals surface area contributed by atoms with E-state index in [1.807, 2.05) is 0 Å². The summed E-state index contributed by atoms with van der Waals surface area (Å²) in [6, 6.07) is 4.21. The second kappa shape index (κ2) is 9.08. The van der Waals surface area contributed by atoms with Crippen LogP contribution in [0.5, 0.6) is 11.5 Å². The van der Waals surface area contributed by atoms with Crippen LogP contribution in [-0.2, 0) is 4.79 Å². The molecule has 0 saturated carbocycles. The van der Waals surface area contributed by atoms with Crippen LogP contribution >= 0.6 is 11.8 Å². The van der Waals surface area contributed by atoms with E-state index in [0.717, 1.165) is 11.8 Å². The molecule has 0 aliphatic rings. The fraction of sp³-hybridized carbons (Fsp3) is 0.385. The van der Waals surface area contributed by atoms with Crippen molar-refractivity contribution < 1.29 is 33.0 Å². The van der Waals surface area contributed by atoms with Crippen LogP contribution in [0, 0.1) is 0 Å². The number of aliphatic carboxylic acids is 1. The van der Waals surface area contributed by atoms with E-state index in [2.05, 4.69) is 10.1 Å². The van der Waals surface area contributed by atoms with Gasteiger partial charge in [-0.2, -0.15) is 8.78 Å². The second-order valence-electron chi connectivity index (χ2n) is 3.92. The fourth-order valence-electron chi connectivity index (χ4n) is 1.56. The van der Waals surface area contributed by atoms with Crippen LogP contribution in [0.3, 0.4) is 0 Å². The van der Waals surface area contributed by atoms with Gasteiger partial charge in [-0.3, -0.25) is 9.59 Å². The predicted molar refractivity (Wildman–Crippen MR) is 76.9 cm³/mol. The number of methoxy groups -OCH3 is 1. The van der Waals surface area contributed by atoms with Gasteiger partial charge in [-0.25, -0.2) is 0 Å². The van der Waals surface area contributed by atoms with E-state index in [9.17, 15) is 18.4 Å². The summed E-state index contributed by atoms with van der Waals surface area (Å²) in [4.78, 5) is 22.3. The summed E-state index contributed by atoms with van der Waals surface area (Å²) in [5, 5.41) is 11.0. The van der Waals surface area contributed by atoms with Crippen LogP contribution in [0.1, 0.15) is 10.4 Å². The summed E-state index contributed by atoms with van der Waals surface area (Å²) < 4.78 is 34.1. The maximum Gasteiger partial charge on any atom is 0.387 e. The van der Waals surface area contributed by atoms with Crippen molar-refractivity contribution in [2.75, 3.05) is 25.2 Å². The third-order valence-electron chi connectivity index (χ3n) is 2.41. The van der Waals surface area contributed by atoms with Crippen LogP contribution in [0.15, 0.2) is 18.2 Å². The van der Waals surface area contributed by atoms with Gasteiger partial charge < -0.3 is 19.9 Å². The van der Waals surface area contributed by atoms with Gasteiger partial charge in [-0.1, -0.05) is 6.07 Å². The number of para-hydroxylation sites is 1. The summed E-state index contributed by atoms with van der Waals surface area (Å²) >= 11 is 1.13. The molecule has 9 heteroatoms. The first-order valence-electron chi connectivity index (χ1n) is 6.15. The number of hydrogen-bond acceptors (Lipinski definition) is 5. The molecular weight excluding hydrogens is 320 g/mol. The Balaban J connectivity index is 2.69. The zero-order valence-corrected chi connectivity index (χ0v) is 12.5. The number of carboxylic acid groups (broad SMARTS) is 1. The van der Waals surface area contributed by atoms with Gasteiger partial charge in [0, 0.05) is 12.3 Å². The number of benzene rings is 1. The summed E-state index contributed by atoms with van der Waals surface area (Å²) in [6.07, 6.45) is 0. The Morgan fingerprint density at radius 2 is 2.14 bits per heavy atom. The molecule has 0 heterocycles. The highest BCUT2D eigenvalue weighted by atomic mass is 32.2. The Labute approximate surface area is 129 Å². The van der Waals surface area contributed by atoms with Gasteiger partial charge in [0.15, 0.2) is 11.5 Å². The molecule has 0 spiro atoms. The van der Waals surface area contributed by atoms with Crippen molar-refractivity contribution in [1.29, 1.82) is 0 Å². The molecule has 1 aromatic carbocycles. The number of nitrogens with one attached hydrogen (secondary N) is 1. The van der Waals surface area contributed by atoms with E-state index in [4.69, 9.17) is 9.84 Å². The lowest BCUT2D eigenvalue weighted by Crippen LogP contribution is -2.27. The maximum absolute atomic E-state index is 12.4. The van der Waals surface area contributed by atoms with E-state index in [1.165, 1.54) is 25.3 Å². The summed E-state index contributed by atoms with van der Waals surface area (Å²) in [5.41, 5.74) is -0.0807. The number of carboxylic acids is 1. The first-order chi connectivity index (χ1) is 10.5. The van der Waals surface area contributed by atoms with Gasteiger partial charge in [0.1, 0.15) is 0 Å². The molecule has 0 atom stereocenters. The molecule has 0 unspecified atom stereocenters. The first kappa shape index (κ1) is 18.0. The topological polar surface area (TPSA) is 84.9 Å². The largest absolute Gasteiger partial charge is 0.493 e. The fourth-order valence-corrected chi connectivity index (χ4v) is 2.12. The van der Waals surface area contributed by atoms with Gasteiger partial charge in [0.2, 0.25) is 0 Å². The van der Waals surface area contributed by atoms with Gasteiger partial charge in [-0.05, 0) is 12.1 Å². The quantitative estimate of drug-likeness (QED) is 0.670. The molecule has 0 radical (unpaired) electrons. The van der Waals surface area contributed by atoms with Crippen LogP contribution in [-0.4, -0.2) is 48.8 Å². The Hall–Kier alpha value is -2.03. The highest BCUT2D eigenvalue weighted by molar-refractivity contribution is 7.99. The molecule has 0 saturated heterocycles. The van der Waals surface area contributed by atoms with Crippen molar-refractivity contribution in [3.8, 4) is 11.5 Å².